The van der Waals surface area contributed by atoms with E-state index in [2.05, 4.69) is 5.32 Å². The van der Waals surface area contributed by atoms with Crippen LogP contribution < -0.4 is 53.3 Å². The number of aliphatic hydroxyl groups is 1. The van der Waals surface area contributed by atoms with Crippen LogP contribution in [0.25, 0.3) is 0 Å². The van der Waals surface area contributed by atoms with Crippen LogP contribution in [-0.2, 0) is 14.3 Å². The van der Waals surface area contributed by atoms with E-state index in [9.17, 15) is 29.7 Å². The molecule has 0 aromatic carbocycles. The summed E-state index contributed by atoms with van der Waals surface area (Å²) in [5.74, 6) is -4.30. The number of ether oxygens (including phenoxy) is 1. The molecule has 0 rings (SSSR count). The topological polar surface area (TPSA) is 139 Å². The molecular formula is C11H17Li2NO7. The molecule has 10 heteroatoms. The number of nitrogens with one attached hydrogen (secondary N) is 1. The van der Waals surface area contributed by atoms with E-state index in [1.54, 1.807) is 20.8 Å². The van der Waals surface area contributed by atoms with Crippen molar-refractivity contribution in [3.05, 3.63) is 0 Å². The molecule has 1 amide bonds. The van der Waals surface area contributed by atoms with Crippen LogP contribution in [0.1, 0.15) is 33.6 Å². The van der Waals surface area contributed by atoms with Crippen LogP contribution in [0.5, 0.6) is 0 Å². The number of amides is 1. The standard InChI is InChI=1S/C11H19NO7.2Li/c1-10(2,3)19-9(17)12-6-4-5-11(18,7(13)14)8(15)16;;/h18H,4-6H2,1-3H3,(H,12,17)(H,13,14)(H,15,16);;/q;2*+1/p-2. The summed E-state index contributed by atoms with van der Waals surface area (Å²) in [6, 6.07) is 0. The Morgan fingerprint density at radius 2 is 1.52 bits per heavy atom. The van der Waals surface area contributed by atoms with Crippen LogP contribution in [0, 0.1) is 0 Å². The molecule has 0 aliphatic rings. The number of hydrogen-bond acceptors (Lipinski definition) is 7. The van der Waals surface area contributed by atoms with Gasteiger partial charge in [-0.3, -0.25) is 0 Å². The average Bonchev–Trinajstić information content (AvgIpc) is 2.20. The van der Waals surface area contributed by atoms with E-state index in [-0.39, 0.29) is 50.7 Å². The van der Waals surface area contributed by atoms with Crippen molar-refractivity contribution in [3.63, 3.8) is 0 Å². The van der Waals surface area contributed by atoms with E-state index in [1.165, 1.54) is 0 Å². The number of carbonyl (C=O) groups excluding carboxylic acids is 3. The molecule has 110 valence electrons. The molecule has 0 aliphatic heterocycles. The Bertz CT molecular complexity index is 354. The van der Waals surface area contributed by atoms with Crippen LogP contribution >= 0.6 is 0 Å². The van der Waals surface area contributed by atoms with E-state index in [0.29, 0.717) is 0 Å². The minimum absolute atomic E-state index is 0. The molecule has 0 unspecified atom stereocenters. The van der Waals surface area contributed by atoms with E-state index in [1.807, 2.05) is 0 Å². The normalized spacial score (nSPS) is 10.7. The van der Waals surface area contributed by atoms with Crippen molar-refractivity contribution in [2.75, 3.05) is 6.54 Å². The Morgan fingerprint density at radius 1 is 1.10 bits per heavy atom. The Labute approximate surface area is 147 Å². The van der Waals surface area contributed by atoms with Crippen LogP contribution in [0.15, 0.2) is 0 Å². The molecule has 2 N–H and O–H groups in total. The van der Waals surface area contributed by atoms with Crippen LogP contribution in [0.4, 0.5) is 4.79 Å². The van der Waals surface area contributed by atoms with Gasteiger partial charge in [0, 0.05) is 6.54 Å². The fraction of sp³-hybridized carbons (Fsp3) is 0.727. The molecule has 0 saturated heterocycles. The van der Waals surface area contributed by atoms with Crippen LogP contribution in [-0.4, -0.2) is 40.9 Å². The first-order valence-electron chi connectivity index (χ1n) is 5.61. The van der Waals surface area contributed by atoms with Gasteiger partial charge in [-0.2, -0.15) is 0 Å². The smallest absolute Gasteiger partial charge is 0.547 e. The summed E-state index contributed by atoms with van der Waals surface area (Å²) in [6.07, 6.45) is -1.47. The summed E-state index contributed by atoms with van der Waals surface area (Å²) in [4.78, 5) is 32.2. The maximum atomic E-state index is 11.2. The number of carbonyl (C=O) groups is 3. The monoisotopic (exact) mass is 289 g/mol. The Morgan fingerprint density at radius 3 is 1.86 bits per heavy atom. The van der Waals surface area contributed by atoms with Gasteiger partial charge in [-0.15, -0.1) is 0 Å². The molecule has 8 nitrogen and oxygen atoms in total. The largest absolute Gasteiger partial charge is 1.00 e. The van der Waals surface area contributed by atoms with Gasteiger partial charge in [0.1, 0.15) is 11.2 Å². The van der Waals surface area contributed by atoms with Crippen LogP contribution in [0.2, 0.25) is 0 Å². The summed E-state index contributed by atoms with van der Waals surface area (Å²) >= 11 is 0. The first-order chi connectivity index (χ1) is 8.49. The van der Waals surface area contributed by atoms with E-state index >= 15 is 0 Å². The van der Waals surface area contributed by atoms with Crippen molar-refractivity contribution in [2.24, 2.45) is 0 Å². The quantitative estimate of drug-likeness (QED) is 0.281. The Kier molecular flexibility index (Phi) is 12.2. The average molecular weight is 289 g/mol. The second kappa shape index (κ2) is 10.2. The number of rotatable bonds is 6. The molecule has 0 aromatic rings. The van der Waals surface area contributed by atoms with E-state index < -0.39 is 35.7 Å². The van der Waals surface area contributed by atoms with Crippen molar-refractivity contribution in [1.82, 2.24) is 5.32 Å². The van der Waals surface area contributed by atoms with E-state index in [0.717, 1.165) is 0 Å². The number of hydrogen-bond donors (Lipinski definition) is 2. The molecule has 21 heavy (non-hydrogen) atoms. The zero-order valence-corrected chi connectivity index (χ0v) is 13.0. The fourth-order valence-electron chi connectivity index (χ4n) is 1.14. The van der Waals surface area contributed by atoms with Gasteiger partial charge in [-0.1, -0.05) is 0 Å². The maximum Gasteiger partial charge on any atom is 1.00 e. The second-order valence-electron chi connectivity index (χ2n) is 4.97. The molecule has 0 aliphatic carbocycles. The molecule has 0 aromatic heterocycles. The Hall–Kier alpha value is -0.635. The van der Waals surface area contributed by atoms with E-state index in [4.69, 9.17) is 4.74 Å². The Balaban J connectivity index is -0.00000162. The second-order valence-corrected chi connectivity index (χ2v) is 4.97. The zero-order valence-electron chi connectivity index (χ0n) is 13.0. The van der Waals surface area contributed by atoms with Gasteiger partial charge in [-0.25, -0.2) is 4.79 Å². The van der Waals surface area contributed by atoms with Crippen molar-refractivity contribution >= 4 is 18.0 Å². The third-order valence-electron chi connectivity index (χ3n) is 2.06. The number of alkyl carbamates (subject to hydrolysis) is 1. The van der Waals surface area contributed by atoms with Crippen molar-refractivity contribution in [1.29, 1.82) is 0 Å². The van der Waals surface area contributed by atoms with Crippen molar-refractivity contribution in [3.8, 4) is 0 Å². The predicted octanol–water partition coefficient (Wildman–Crippen LogP) is -8.47. The van der Waals surface area contributed by atoms with Gasteiger partial charge < -0.3 is 35.0 Å². The summed E-state index contributed by atoms with van der Waals surface area (Å²) < 4.78 is 4.89. The van der Waals surface area contributed by atoms with Gasteiger partial charge in [0.15, 0.2) is 0 Å². The number of aliphatic carboxylic acids is 2. The van der Waals surface area contributed by atoms with Gasteiger partial charge in [0.2, 0.25) is 0 Å². The van der Waals surface area contributed by atoms with Gasteiger partial charge >= 0.3 is 43.8 Å². The molecule has 0 saturated carbocycles. The SMILES string of the molecule is CC(C)(C)OC(=O)NCCCC(O)(C(=O)[O-])C(=O)[O-].[Li+].[Li+]. The maximum absolute atomic E-state index is 11.2. The molecular weight excluding hydrogens is 272 g/mol. The first kappa shape index (κ1) is 25.3. The summed E-state index contributed by atoms with van der Waals surface area (Å²) in [5.41, 5.74) is -3.74. The predicted molar refractivity (Wildman–Crippen MR) is 58.4 cm³/mol. The van der Waals surface area contributed by atoms with Crippen molar-refractivity contribution < 1.29 is 72.2 Å². The third kappa shape index (κ3) is 9.84. The zero-order chi connectivity index (χ0) is 15.3. The molecule has 0 atom stereocenters. The number of carboxylic acid groups (broad SMARTS) is 2. The van der Waals surface area contributed by atoms with Gasteiger partial charge in [0.05, 0.1) is 11.9 Å². The fourth-order valence-corrected chi connectivity index (χ4v) is 1.14. The summed E-state index contributed by atoms with van der Waals surface area (Å²) in [6.45, 7) is 4.93. The number of carboxylic acids is 2. The van der Waals surface area contributed by atoms with Crippen LogP contribution in [0.3, 0.4) is 0 Å². The van der Waals surface area contributed by atoms with Gasteiger partial charge in [0.25, 0.3) is 0 Å². The minimum atomic E-state index is -3.06. The molecule has 0 fully saturated rings. The summed E-state index contributed by atoms with van der Waals surface area (Å²) in [7, 11) is 0. The molecule has 0 bridgehead atoms. The van der Waals surface area contributed by atoms with Crippen molar-refractivity contribution in [2.45, 2.75) is 44.8 Å². The minimum Gasteiger partial charge on any atom is -0.547 e. The third-order valence-corrected chi connectivity index (χ3v) is 2.06. The molecule has 0 radical (unpaired) electrons. The summed E-state index contributed by atoms with van der Waals surface area (Å²) in [5, 5.41) is 32.5. The molecule has 0 spiro atoms. The molecule has 0 heterocycles. The first-order valence-corrected chi connectivity index (χ1v) is 5.61. The van der Waals surface area contributed by atoms with Gasteiger partial charge in [-0.05, 0) is 33.6 Å².